The minimum atomic E-state index is -0.883. The van der Waals surface area contributed by atoms with Gasteiger partial charge in [0.25, 0.3) is 0 Å². The van der Waals surface area contributed by atoms with E-state index in [0.29, 0.717) is 65.9 Å². The fourth-order valence-electron chi connectivity index (χ4n) is 3.88. The molecule has 0 saturated carbocycles. The summed E-state index contributed by atoms with van der Waals surface area (Å²) in [5.41, 5.74) is 5.17. The Kier molecular flexibility index (Phi) is 11.7. The van der Waals surface area contributed by atoms with Gasteiger partial charge in [-0.3, -0.25) is 0 Å². The number of halogens is 4. The van der Waals surface area contributed by atoms with Crippen molar-refractivity contribution in [2.45, 2.75) is 13.2 Å². The molecule has 0 aliphatic rings. The summed E-state index contributed by atoms with van der Waals surface area (Å²) in [5.74, 6) is -3.51. The molecular weight excluding hydrogens is 534 g/mol. The van der Waals surface area contributed by atoms with Gasteiger partial charge in [-0.1, -0.05) is 59.5 Å². The van der Waals surface area contributed by atoms with E-state index in [1.165, 1.54) is 12.1 Å². The fraction of sp³-hybridized carbons (Fsp3) is 0.200. The van der Waals surface area contributed by atoms with Crippen molar-refractivity contribution in [1.29, 1.82) is 0 Å². The molecule has 0 radical (unpaired) electrons. The average molecular weight is 564 g/mol. The number of hydrogen-bond acceptors (Lipinski definition) is 5. The Morgan fingerprint density at radius 3 is 1.32 bits per heavy atom. The van der Waals surface area contributed by atoms with Crippen LogP contribution in [0.5, 0.6) is 0 Å². The van der Waals surface area contributed by atoms with Crippen LogP contribution in [-0.4, -0.2) is 41.3 Å². The molecule has 4 rings (SSSR count). The van der Waals surface area contributed by atoms with Crippen molar-refractivity contribution >= 4 is 37.3 Å². The minimum absolute atomic E-state index is 0.422. The first kappa shape index (κ1) is 30.2. The Labute approximate surface area is 238 Å². The van der Waals surface area contributed by atoms with Gasteiger partial charge < -0.3 is 24.7 Å². The van der Waals surface area contributed by atoms with Crippen molar-refractivity contribution in [3.05, 3.63) is 119 Å². The van der Waals surface area contributed by atoms with Crippen LogP contribution in [0.15, 0.2) is 84.9 Å². The van der Waals surface area contributed by atoms with Crippen LogP contribution >= 0.6 is 0 Å². The van der Waals surface area contributed by atoms with Crippen molar-refractivity contribution in [3.63, 3.8) is 0 Å². The van der Waals surface area contributed by atoms with E-state index >= 15 is 0 Å². The molecule has 0 bridgehead atoms. The number of nitrogens with one attached hydrogen (secondary N) is 2. The maximum absolute atomic E-state index is 13.2. The third-order valence-electron chi connectivity index (χ3n) is 6.11. The van der Waals surface area contributed by atoms with Crippen LogP contribution in [0, 0.1) is 23.3 Å². The monoisotopic (exact) mass is 564 g/mol. The first-order valence-corrected chi connectivity index (χ1v) is 13.2. The van der Waals surface area contributed by atoms with E-state index in [1.807, 2.05) is 48.5 Å². The molecule has 0 unspecified atom stereocenters. The normalized spacial score (nSPS) is 10.8. The predicted octanol–water partition coefficient (Wildman–Crippen LogP) is 4.17. The Morgan fingerprint density at radius 1 is 0.512 bits per heavy atom. The molecule has 2 N–H and O–H groups in total. The summed E-state index contributed by atoms with van der Waals surface area (Å²) < 4.78 is 69.5. The second-order valence-corrected chi connectivity index (χ2v) is 9.34. The van der Waals surface area contributed by atoms with Crippen molar-refractivity contribution in [3.8, 4) is 0 Å². The van der Waals surface area contributed by atoms with Crippen molar-refractivity contribution in [2.24, 2.45) is 0 Å². The zero-order chi connectivity index (χ0) is 28.9. The van der Waals surface area contributed by atoms with E-state index < -0.39 is 23.3 Å². The van der Waals surface area contributed by atoms with Gasteiger partial charge in [0.1, 0.15) is 0 Å². The number of hydrogen-bond donors (Lipinski definition) is 2. The lowest BCUT2D eigenvalue weighted by molar-refractivity contribution is 0.107. The standard InChI is InChI=1S/C30H30B2F4N2O3/c33-27-11-9-25(17-29(27)35)37-13-15-40-31-23-5-1-21(2-6-23)19-39-20-22-3-7-24(8-4-22)32-41-16-14-38-26-10-12-28(34)30(36)18-26/h1-12,17-18,31-32,37-38H,13-16,19-20H2. The molecule has 0 aliphatic carbocycles. The zero-order valence-electron chi connectivity index (χ0n) is 22.5. The maximum atomic E-state index is 13.2. The molecule has 4 aromatic rings. The molecule has 0 atom stereocenters. The SMILES string of the molecule is Fc1ccc(NCCOBc2ccc(COCc3ccc(BOCCNc4ccc(F)c(F)c4)cc3)cc2)cc1F. The highest BCUT2D eigenvalue weighted by Gasteiger charge is 2.04. The third-order valence-corrected chi connectivity index (χ3v) is 6.11. The molecule has 0 heterocycles. The highest BCUT2D eigenvalue weighted by atomic mass is 19.2. The van der Waals surface area contributed by atoms with E-state index in [-0.39, 0.29) is 0 Å². The van der Waals surface area contributed by atoms with Gasteiger partial charge in [0.15, 0.2) is 23.3 Å². The first-order valence-electron chi connectivity index (χ1n) is 13.2. The molecule has 5 nitrogen and oxygen atoms in total. The molecule has 0 amide bonds. The summed E-state index contributed by atoms with van der Waals surface area (Å²) in [7, 11) is 0.892. The lowest BCUT2D eigenvalue weighted by Gasteiger charge is -2.09. The summed E-state index contributed by atoms with van der Waals surface area (Å²) in [6, 6.07) is 23.3. The molecule has 0 saturated heterocycles. The third kappa shape index (κ3) is 10.3. The van der Waals surface area contributed by atoms with Crippen LogP contribution in [-0.2, 0) is 27.3 Å². The highest BCUT2D eigenvalue weighted by molar-refractivity contribution is 6.47. The molecule has 4 aromatic carbocycles. The van der Waals surface area contributed by atoms with Gasteiger partial charge in [-0.25, -0.2) is 17.6 Å². The van der Waals surface area contributed by atoms with Crippen molar-refractivity contribution in [1.82, 2.24) is 0 Å². The molecule has 41 heavy (non-hydrogen) atoms. The molecule has 212 valence electrons. The van der Waals surface area contributed by atoms with Gasteiger partial charge in [0, 0.05) is 49.8 Å². The topological polar surface area (TPSA) is 51.8 Å². The first-order chi connectivity index (χ1) is 20.0. The summed E-state index contributed by atoms with van der Waals surface area (Å²) in [6.45, 7) is 2.76. The van der Waals surface area contributed by atoms with Gasteiger partial charge in [-0.05, 0) is 35.4 Å². The molecular formula is C30H30B2F4N2O3. The predicted molar refractivity (Wildman–Crippen MR) is 157 cm³/mol. The van der Waals surface area contributed by atoms with E-state index in [0.717, 1.165) is 46.3 Å². The van der Waals surface area contributed by atoms with Crippen LogP contribution in [0.25, 0.3) is 0 Å². The largest absolute Gasteiger partial charge is 0.433 e. The molecule has 0 aromatic heterocycles. The second kappa shape index (κ2) is 15.9. The van der Waals surface area contributed by atoms with Gasteiger partial charge in [0.05, 0.1) is 13.2 Å². The average Bonchev–Trinajstić information content (AvgIpc) is 2.98. The molecule has 0 fully saturated rings. The second-order valence-electron chi connectivity index (χ2n) is 9.34. The number of anilines is 2. The maximum Gasteiger partial charge on any atom is 0.308 e. The van der Waals surface area contributed by atoms with Gasteiger partial charge in [0.2, 0.25) is 0 Å². The smallest absolute Gasteiger partial charge is 0.308 e. The van der Waals surface area contributed by atoms with Crippen LogP contribution in [0.1, 0.15) is 11.1 Å². The summed E-state index contributed by atoms with van der Waals surface area (Å²) in [6.07, 6.45) is 0. The van der Waals surface area contributed by atoms with E-state index in [1.54, 1.807) is 0 Å². The quantitative estimate of drug-likeness (QED) is 0.122. The molecule has 0 spiro atoms. The lowest BCUT2D eigenvalue weighted by Crippen LogP contribution is -2.21. The Bertz CT molecular complexity index is 1270. The van der Waals surface area contributed by atoms with E-state index in [9.17, 15) is 17.6 Å². The Hall–Kier alpha value is -3.79. The van der Waals surface area contributed by atoms with Crippen molar-refractivity contribution < 1.29 is 31.6 Å². The lowest BCUT2D eigenvalue weighted by atomic mass is 9.87. The number of ether oxygens (including phenoxy) is 1. The zero-order valence-corrected chi connectivity index (χ0v) is 22.5. The van der Waals surface area contributed by atoms with Crippen LogP contribution in [0.2, 0.25) is 0 Å². The van der Waals surface area contributed by atoms with Gasteiger partial charge >= 0.3 is 15.0 Å². The van der Waals surface area contributed by atoms with Crippen LogP contribution < -0.4 is 21.6 Å². The Morgan fingerprint density at radius 2 is 0.927 bits per heavy atom. The van der Waals surface area contributed by atoms with Crippen LogP contribution in [0.4, 0.5) is 28.9 Å². The van der Waals surface area contributed by atoms with E-state index in [4.69, 9.17) is 14.0 Å². The van der Waals surface area contributed by atoms with E-state index in [2.05, 4.69) is 10.6 Å². The molecule has 11 heteroatoms. The fourth-order valence-corrected chi connectivity index (χ4v) is 3.88. The number of rotatable bonds is 16. The minimum Gasteiger partial charge on any atom is -0.433 e. The summed E-state index contributed by atoms with van der Waals surface area (Å²) in [5, 5.41) is 5.99. The molecule has 0 aliphatic heterocycles. The summed E-state index contributed by atoms with van der Waals surface area (Å²) >= 11 is 0. The van der Waals surface area contributed by atoms with Crippen LogP contribution in [0.3, 0.4) is 0 Å². The Balaban J connectivity index is 1.06. The van der Waals surface area contributed by atoms with Crippen molar-refractivity contribution in [2.75, 3.05) is 36.9 Å². The number of benzene rings is 4. The van der Waals surface area contributed by atoms with Gasteiger partial charge in [-0.15, -0.1) is 0 Å². The summed E-state index contributed by atoms with van der Waals surface area (Å²) in [4.78, 5) is 0. The van der Waals surface area contributed by atoms with Gasteiger partial charge in [-0.2, -0.15) is 0 Å². The highest BCUT2D eigenvalue weighted by Crippen LogP contribution is 2.13.